The molecule has 0 saturated carbocycles. The second kappa shape index (κ2) is 9.16. The fourth-order valence-electron chi connectivity index (χ4n) is 4.25. The first-order chi connectivity index (χ1) is 16.0. The second-order valence-corrected chi connectivity index (χ2v) is 10.8. The summed E-state index contributed by atoms with van der Waals surface area (Å²) in [4.78, 5) is 14.1. The summed E-state index contributed by atoms with van der Waals surface area (Å²) in [7, 11) is 0. The maximum Gasteiger partial charge on any atom is 0.235 e. The van der Waals surface area contributed by atoms with Crippen molar-refractivity contribution < 1.29 is 9.47 Å². The highest BCUT2D eigenvalue weighted by Gasteiger charge is 2.45. The standard InChI is InChI=1S/C28H38N4O2/c1-9-33-25-29-23-24(31(25)21-15-11-19(12-16-21)27(3,4)5)30-26(34-10-2)32(23)22-17-13-20(14-18-22)28(6,7)8/h11-18,25-26H,9-10H2,1-8H3. The van der Waals surface area contributed by atoms with Crippen molar-refractivity contribution in [1.29, 1.82) is 0 Å². The summed E-state index contributed by atoms with van der Waals surface area (Å²) in [5, 5.41) is 0. The summed E-state index contributed by atoms with van der Waals surface area (Å²) in [6.07, 6.45) is -0.920. The molecular formula is C28H38N4O2. The molecule has 0 radical (unpaired) electrons. The van der Waals surface area contributed by atoms with E-state index in [1.54, 1.807) is 0 Å². The van der Waals surface area contributed by atoms with Crippen LogP contribution in [0, 0.1) is 0 Å². The molecule has 34 heavy (non-hydrogen) atoms. The fourth-order valence-corrected chi connectivity index (χ4v) is 4.25. The molecule has 2 aromatic rings. The van der Waals surface area contributed by atoms with Crippen molar-refractivity contribution in [3.05, 3.63) is 59.7 Å². The van der Waals surface area contributed by atoms with Crippen molar-refractivity contribution in [3.8, 4) is 0 Å². The average molecular weight is 463 g/mol. The summed E-state index contributed by atoms with van der Waals surface area (Å²) in [5.41, 5.74) is 4.75. The Morgan fingerprint density at radius 2 is 0.941 bits per heavy atom. The van der Waals surface area contributed by atoms with Crippen molar-refractivity contribution in [3.63, 3.8) is 0 Å². The molecule has 2 aliphatic rings. The molecular weight excluding hydrogens is 424 g/mol. The van der Waals surface area contributed by atoms with E-state index in [2.05, 4.69) is 99.9 Å². The zero-order chi connectivity index (χ0) is 24.7. The Kier molecular flexibility index (Phi) is 6.58. The van der Waals surface area contributed by atoms with E-state index in [0.29, 0.717) is 13.2 Å². The fraction of sp³-hybridized carbons (Fsp3) is 0.500. The number of fused-ring (bicyclic) bond motifs is 1. The molecule has 2 aromatic carbocycles. The maximum atomic E-state index is 6.04. The van der Waals surface area contributed by atoms with Gasteiger partial charge < -0.3 is 9.47 Å². The van der Waals surface area contributed by atoms with E-state index in [1.807, 2.05) is 13.8 Å². The Hall–Kier alpha value is -2.70. The topological polar surface area (TPSA) is 49.7 Å². The number of aliphatic imine (C=N–C) groups is 2. The third-order valence-electron chi connectivity index (χ3n) is 6.22. The van der Waals surface area contributed by atoms with Crippen LogP contribution in [-0.2, 0) is 20.3 Å². The van der Waals surface area contributed by atoms with E-state index in [9.17, 15) is 0 Å². The molecule has 0 fully saturated rings. The molecule has 4 rings (SSSR count). The lowest BCUT2D eigenvalue weighted by atomic mass is 9.87. The van der Waals surface area contributed by atoms with Crippen LogP contribution in [0.3, 0.4) is 0 Å². The lowest BCUT2D eigenvalue weighted by Crippen LogP contribution is -2.40. The van der Waals surface area contributed by atoms with Gasteiger partial charge in [-0.05, 0) is 60.1 Å². The van der Waals surface area contributed by atoms with Crippen LogP contribution >= 0.6 is 0 Å². The third kappa shape index (κ3) is 4.62. The number of hydrogen-bond donors (Lipinski definition) is 0. The van der Waals surface area contributed by atoms with Gasteiger partial charge in [-0.15, -0.1) is 0 Å². The monoisotopic (exact) mass is 462 g/mol. The molecule has 182 valence electrons. The maximum absolute atomic E-state index is 6.04. The van der Waals surface area contributed by atoms with Crippen molar-refractivity contribution in [2.75, 3.05) is 23.0 Å². The third-order valence-corrected chi connectivity index (χ3v) is 6.22. The van der Waals surface area contributed by atoms with E-state index in [1.165, 1.54) is 11.1 Å². The molecule has 0 amide bonds. The molecule has 2 atom stereocenters. The van der Waals surface area contributed by atoms with Crippen LogP contribution in [0.15, 0.2) is 58.5 Å². The first kappa shape index (κ1) is 24.4. The van der Waals surface area contributed by atoms with E-state index in [-0.39, 0.29) is 10.8 Å². The van der Waals surface area contributed by atoms with Crippen LogP contribution in [-0.4, -0.2) is 37.6 Å². The molecule has 0 N–H and O–H groups in total. The predicted molar refractivity (Wildman–Crippen MR) is 141 cm³/mol. The van der Waals surface area contributed by atoms with E-state index in [4.69, 9.17) is 19.5 Å². The van der Waals surface area contributed by atoms with Crippen molar-refractivity contribution in [2.45, 2.75) is 78.9 Å². The van der Waals surface area contributed by atoms with Gasteiger partial charge in [-0.25, -0.2) is 9.98 Å². The smallest absolute Gasteiger partial charge is 0.235 e. The number of nitrogens with zero attached hydrogens (tertiary/aromatic N) is 4. The highest BCUT2D eigenvalue weighted by Crippen LogP contribution is 2.35. The molecule has 0 aromatic heterocycles. The van der Waals surface area contributed by atoms with Gasteiger partial charge >= 0.3 is 0 Å². The highest BCUT2D eigenvalue weighted by molar-refractivity contribution is 6.52. The molecule has 0 aliphatic carbocycles. The predicted octanol–water partition coefficient (Wildman–Crippen LogP) is 6.06. The van der Waals surface area contributed by atoms with Crippen LogP contribution in [0.2, 0.25) is 0 Å². The molecule has 0 saturated heterocycles. The van der Waals surface area contributed by atoms with Crippen LogP contribution in [0.5, 0.6) is 0 Å². The lowest BCUT2D eigenvalue weighted by Gasteiger charge is -2.26. The molecule has 2 heterocycles. The summed E-state index contributed by atoms with van der Waals surface area (Å²) in [5.74, 6) is 1.56. The van der Waals surface area contributed by atoms with Gasteiger partial charge in [-0.1, -0.05) is 65.8 Å². The van der Waals surface area contributed by atoms with E-state index in [0.717, 1.165) is 23.0 Å². The zero-order valence-electron chi connectivity index (χ0n) is 21.8. The van der Waals surface area contributed by atoms with E-state index < -0.39 is 12.7 Å². The van der Waals surface area contributed by atoms with E-state index >= 15 is 0 Å². The summed E-state index contributed by atoms with van der Waals surface area (Å²) >= 11 is 0. The molecule has 6 nitrogen and oxygen atoms in total. The Morgan fingerprint density at radius 3 is 1.21 bits per heavy atom. The van der Waals surface area contributed by atoms with Gasteiger partial charge in [-0.3, -0.25) is 9.80 Å². The van der Waals surface area contributed by atoms with Gasteiger partial charge in [0.15, 0.2) is 11.7 Å². The Morgan fingerprint density at radius 1 is 0.618 bits per heavy atom. The average Bonchev–Trinajstić information content (AvgIpc) is 3.28. The van der Waals surface area contributed by atoms with Crippen LogP contribution in [0.25, 0.3) is 0 Å². The lowest BCUT2D eigenvalue weighted by molar-refractivity contribution is 0.0708. The van der Waals surface area contributed by atoms with Crippen molar-refractivity contribution in [1.82, 2.24) is 0 Å². The Labute approximate surface area is 204 Å². The number of hydrogen-bond acceptors (Lipinski definition) is 6. The summed E-state index contributed by atoms with van der Waals surface area (Å²) in [6.45, 7) is 18.4. The van der Waals surface area contributed by atoms with Gasteiger partial charge in [0, 0.05) is 24.6 Å². The molecule has 2 aliphatic heterocycles. The number of rotatable bonds is 6. The molecule has 0 spiro atoms. The van der Waals surface area contributed by atoms with Crippen LogP contribution in [0.4, 0.5) is 11.4 Å². The van der Waals surface area contributed by atoms with Crippen LogP contribution in [0.1, 0.15) is 66.5 Å². The summed E-state index contributed by atoms with van der Waals surface area (Å²) < 4.78 is 12.1. The number of amidine groups is 2. The Balaban J connectivity index is 1.71. The molecule has 6 heteroatoms. The normalized spacial score (nSPS) is 20.5. The quantitative estimate of drug-likeness (QED) is 0.524. The van der Waals surface area contributed by atoms with Crippen molar-refractivity contribution >= 4 is 23.0 Å². The highest BCUT2D eigenvalue weighted by atomic mass is 16.5. The molecule has 0 bridgehead atoms. The Bertz CT molecular complexity index is 972. The van der Waals surface area contributed by atoms with Crippen LogP contribution < -0.4 is 9.80 Å². The molecule has 2 unspecified atom stereocenters. The zero-order valence-corrected chi connectivity index (χ0v) is 21.8. The van der Waals surface area contributed by atoms with Gasteiger partial charge in [-0.2, -0.15) is 0 Å². The minimum absolute atomic E-state index is 0.0888. The minimum Gasteiger partial charge on any atom is -0.339 e. The van der Waals surface area contributed by atoms with Gasteiger partial charge in [0.2, 0.25) is 12.7 Å². The first-order valence-corrected chi connectivity index (χ1v) is 12.2. The number of anilines is 2. The van der Waals surface area contributed by atoms with Gasteiger partial charge in [0.25, 0.3) is 0 Å². The number of ether oxygens (including phenoxy) is 2. The van der Waals surface area contributed by atoms with Crippen molar-refractivity contribution in [2.24, 2.45) is 9.98 Å². The largest absolute Gasteiger partial charge is 0.339 e. The number of benzene rings is 2. The summed E-state index contributed by atoms with van der Waals surface area (Å²) in [6, 6.07) is 17.2. The minimum atomic E-state index is -0.460. The van der Waals surface area contributed by atoms with Gasteiger partial charge in [0.05, 0.1) is 0 Å². The second-order valence-electron chi connectivity index (χ2n) is 10.8. The van der Waals surface area contributed by atoms with Gasteiger partial charge in [0.1, 0.15) is 0 Å². The SMILES string of the molecule is CCOC1N=C2C(=NC(OCC)N2c2ccc(C(C)(C)C)cc2)N1c1ccc(C(C)(C)C)cc1. The first-order valence-electron chi connectivity index (χ1n) is 12.2.